The lowest BCUT2D eigenvalue weighted by Gasteiger charge is -2.15. The molecule has 96 valence electrons. The molecule has 1 heterocycles. The van der Waals surface area contributed by atoms with Crippen LogP contribution in [0.25, 0.3) is 0 Å². The Morgan fingerprint density at radius 3 is 2.42 bits per heavy atom. The molecule has 0 saturated carbocycles. The topological polar surface area (TPSA) is 41.9 Å². The van der Waals surface area contributed by atoms with Crippen LogP contribution in [0.5, 0.6) is 0 Å². The zero-order valence-electron chi connectivity index (χ0n) is 9.69. The number of hydrogen-bond donors (Lipinski definition) is 0. The van der Waals surface area contributed by atoms with Crippen molar-refractivity contribution in [3.8, 4) is 0 Å². The number of hydrogen-bond acceptors (Lipinski definition) is 3. The average molecular weight is 337 g/mol. The van der Waals surface area contributed by atoms with Crippen molar-refractivity contribution >= 4 is 38.7 Å². The van der Waals surface area contributed by atoms with Crippen molar-refractivity contribution in [2.75, 3.05) is 4.31 Å². The summed E-state index contributed by atoms with van der Waals surface area (Å²) >= 11 is 1.75. The van der Waals surface area contributed by atoms with E-state index in [1.807, 2.05) is 54.6 Å². The Morgan fingerprint density at radius 2 is 1.74 bits per heavy atom. The Kier molecular flexibility index (Phi) is 3.35. The number of anilines is 1. The molecule has 0 amide bonds. The minimum Gasteiger partial charge on any atom is -0.268 e. The third-order valence-corrected chi connectivity index (χ3v) is 4.03. The first-order chi connectivity index (χ1) is 9.25. The lowest BCUT2D eigenvalue weighted by atomic mass is 10.2. The number of benzene rings is 2. The Morgan fingerprint density at radius 1 is 1.05 bits per heavy atom. The van der Waals surface area contributed by atoms with Crippen LogP contribution < -0.4 is 4.31 Å². The van der Waals surface area contributed by atoms with E-state index in [4.69, 9.17) is 4.28 Å². The fourth-order valence-corrected chi connectivity index (χ4v) is 2.79. The van der Waals surface area contributed by atoms with Crippen LogP contribution in [0.2, 0.25) is 0 Å². The number of nitrogens with zero attached hydrogens (tertiary/aromatic N) is 2. The molecule has 3 rings (SSSR count). The largest absolute Gasteiger partial charge is 0.346 e. The lowest BCUT2D eigenvalue weighted by molar-refractivity contribution is 0.386. The lowest BCUT2D eigenvalue weighted by Crippen LogP contribution is -2.28. The first-order valence-electron chi connectivity index (χ1n) is 5.54. The molecule has 0 saturated heterocycles. The molecule has 0 bridgehead atoms. The molecule has 6 heteroatoms. The van der Waals surface area contributed by atoms with Gasteiger partial charge in [-0.1, -0.05) is 34.1 Å². The van der Waals surface area contributed by atoms with Gasteiger partial charge in [0.05, 0.1) is 5.69 Å². The van der Waals surface area contributed by atoms with Crippen LogP contribution >= 0.6 is 15.9 Å². The molecule has 2 aromatic carbocycles. The van der Waals surface area contributed by atoms with Gasteiger partial charge in [-0.2, -0.15) is 4.21 Å². The summed E-state index contributed by atoms with van der Waals surface area (Å²) < 4.78 is 19.3. The maximum absolute atomic E-state index is 11.9. The van der Waals surface area contributed by atoms with Gasteiger partial charge in [-0.3, -0.25) is 4.28 Å². The van der Waals surface area contributed by atoms with Crippen molar-refractivity contribution in [2.24, 2.45) is 5.16 Å². The molecule has 0 spiro atoms. The molecular formula is C13H9BrN2O2S. The molecule has 0 aromatic heterocycles. The van der Waals surface area contributed by atoms with E-state index in [0.29, 0.717) is 5.84 Å². The summed E-state index contributed by atoms with van der Waals surface area (Å²) in [5, 5.41) is 3.90. The molecule has 2 aromatic rings. The van der Waals surface area contributed by atoms with Crippen molar-refractivity contribution in [2.45, 2.75) is 0 Å². The summed E-state index contributed by atoms with van der Waals surface area (Å²) in [6, 6.07) is 17.0. The van der Waals surface area contributed by atoms with Gasteiger partial charge in [-0.15, -0.1) is 0 Å². The van der Waals surface area contributed by atoms with Gasteiger partial charge >= 0.3 is 11.3 Å². The van der Waals surface area contributed by atoms with Gasteiger partial charge in [0.2, 0.25) is 0 Å². The summed E-state index contributed by atoms with van der Waals surface area (Å²) in [4.78, 5) is 0. The minimum atomic E-state index is -1.63. The monoisotopic (exact) mass is 336 g/mol. The molecular weight excluding hydrogens is 328 g/mol. The highest BCUT2D eigenvalue weighted by Crippen LogP contribution is 2.25. The quantitative estimate of drug-likeness (QED) is 0.844. The predicted molar refractivity (Wildman–Crippen MR) is 78.8 cm³/mol. The number of oxime groups is 1. The van der Waals surface area contributed by atoms with E-state index < -0.39 is 11.3 Å². The van der Waals surface area contributed by atoms with E-state index in [1.165, 1.54) is 0 Å². The molecule has 1 aliphatic rings. The molecule has 1 unspecified atom stereocenters. The SMILES string of the molecule is O=S1ON=C(c2ccc(Br)cc2)N1c1ccccc1. The van der Waals surface area contributed by atoms with Crippen molar-refractivity contribution in [1.29, 1.82) is 0 Å². The van der Waals surface area contributed by atoms with Crippen molar-refractivity contribution in [1.82, 2.24) is 0 Å². The zero-order chi connectivity index (χ0) is 13.2. The number of para-hydroxylation sites is 1. The van der Waals surface area contributed by atoms with Crippen LogP contribution in [-0.2, 0) is 15.6 Å². The van der Waals surface area contributed by atoms with E-state index in [9.17, 15) is 4.21 Å². The highest BCUT2D eigenvalue weighted by atomic mass is 79.9. The van der Waals surface area contributed by atoms with Gasteiger partial charge in [-0.05, 0) is 41.6 Å². The highest BCUT2D eigenvalue weighted by molar-refractivity contribution is 9.10. The van der Waals surface area contributed by atoms with Crippen molar-refractivity contribution < 1.29 is 8.49 Å². The number of amidine groups is 1. The Balaban J connectivity index is 2.01. The molecule has 19 heavy (non-hydrogen) atoms. The highest BCUT2D eigenvalue weighted by Gasteiger charge is 2.29. The Labute approximate surface area is 121 Å². The number of halogens is 1. The summed E-state index contributed by atoms with van der Waals surface area (Å²) in [5.74, 6) is 0.539. The summed E-state index contributed by atoms with van der Waals surface area (Å²) in [6.07, 6.45) is 0. The summed E-state index contributed by atoms with van der Waals surface area (Å²) in [7, 11) is 0. The summed E-state index contributed by atoms with van der Waals surface area (Å²) in [6.45, 7) is 0. The maximum atomic E-state index is 11.9. The Hall–Kier alpha value is -1.66. The van der Waals surface area contributed by atoms with E-state index >= 15 is 0 Å². The van der Waals surface area contributed by atoms with E-state index in [1.54, 1.807) is 4.31 Å². The molecule has 4 nitrogen and oxygen atoms in total. The van der Waals surface area contributed by atoms with Crippen LogP contribution in [0.4, 0.5) is 5.69 Å². The van der Waals surface area contributed by atoms with Crippen LogP contribution in [0.15, 0.2) is 64.2 Å². The number of rotatable bonds is 2. The Bertz CT molecular complexity index is 643. The van der Waals surface area contributed by atoms with Crippen LogP contribution in [0.3, 0.4) is 0 Å². The second-order valence-corrected chi connectivity index (χ2v) is 5.71. The third-order valence-electron chi connectivity index (χ3n) is 2.62. The summed E-state index contributed by atoms with van der Waals surface area (Å²) in [5.41, 5.74) is 1.62. The van der Waals surface area contributed by atoms with Gasteiger partial charge in [0.1, 0.15) is 0 Å². The molecule has 0 aliphatic carbocycles. The molecule has 1 aliphatic heterocycles. The van der Waals surface area contributed by atoms with Crippen molar-refractivity contribution in [3.05, 3.63) is 64.6 Å². The molecule has 0 N–H and O–H groups in total. The molecule has 0 fully saturated rings. The van der Waals surface area contributed by atoms with E-state index in [0.717, 1.165) is 15.7 Å². The van der Waals surface area contributed by atoms with Crippen molar-refractivity contribution in [3.63, 3.8) is 0 Å². The molecule has 1 atom stereocenters. The van der Waals surface area contributed by atoms with Gasteiger partial charge < -0.3 is 0 Å². The minimum absolute atomic E-state index is 0.539. The molecule has 0 radical (unpaired) electrons. The fraction of sp³-hybridized carbons (Fsp3) is 0. The van der Waals surface area contributed by atoms with Gasteiger partial charge in [-0.25, -0.2) is 4.31 Å². The van der Waals surface area contributed by atoms with Crippen LogP contribution in [-0.4, -0.2) is 10.0 Å². The van der Waals surface area contributed by atoms with Crippen LogP contribution in [0, 0.1) is 0 Å². The van der Waals surface area contributed by atoms with Crippen LogP contribution in [0.1, 0.15) is 5.56 Å². The zero-order valence-corrected chi connectivity index (χ0v) is 12.1. The maximum Gasteiger partial charge on any atom is 0.346 e. The second kappa shape index (κ2) is 5.14. The normalized spacial score (nSPS) is 18.1. The second-order valence-electron chi connectivity index (χ2n) is 3.84. The third kappa shape index (κ3) is 2.41. The first kappa shape index (κ1) is 12.4. The van der Waals surface area contributed by atoms with Gasteiger partial charge in [0.15, 0.2) is 5.84 Å². The van der Waals surface area contributed by atoms with Gasteiger partial charge in [0, 0.05) is 10.0 Å². The fourth-order valence-electron chi connectivity index (χ4n) is 1.75. The smallest absolute Gasteiger partial charge is 0.268 e. The van der Waals surface area contributed by atoms with E-state index in [-0.39, 0.29) is 0 Å². The van der Waals surface area contributed by atoms with E-state index in [2.05, 4.69) is 21.1 Å². The van der Waals surface area contributed by atoms with Gasteiger partial charge in [0.25, 0.3) is 0 Å². The average Bonchev–Trinajstić information content (AvgIpc) is 2.82. The standard InChI is InChI=1S/C13H9BrN2O2S/c14-11-8-6-10(7-9-11)13-15-18-19(17)16(13)12-4-2-1-3-5-12/h1-9H. The first-order valence-corrected chi connectivity index (χ1v) is 7.37. The predicted octanol–water partition coefficient (Wildman–Crippen LogP) is 3.23.